The van der Waals surface area contributed by atoms with Gasteiger partial charge in [-0.05, 0) is 47.7 Å². The molecule has 3 atom stereocenters. The third-order valence-corrected chi connectivity index (χ3v) is 5.42. The highest BCUT2D eigenvalue weighted by atomic mass is 79.9. The lowest BCUT2D eigenvalue weighted by Crippen LogP contribution is -2.45. The lowest BCUT2D eigenvalue weighted by Gasteiger charge is -2.34. The van der Waals surface area contributed by atoms with Crippen LogP contribution in [0.4, 0.5) is 0 Å². The van der Waals surface area contributed by atoms with E-state index in [9.17, 15) is 4.79 Å². The number of nitrogens with zero attached hydrogens (tertiary/aromatic N) is 4. The minimum absolute atomic E-state index is 0.0549. The summed E-state index contributed by atoms with van der Waals surface area (Å²) in [6.45, 7) is 4.57. The first kappa shape index (κ1) is 17.1. The number of hydrogen-bond acceptors (Lipinski definition) is 4. The highest BCUT2D eigenvalue weighted by Gasteiger charge is 2.28. The topological polar surface area (TPSA) is 72.7 Å². The van der Waals surface area contributed by atoms with Crippen molar-refractivity contribution in [2.45, 2.75) is 45.7 Å². The average molecular weight is 392 g/mol. The smallest absolute Gasteiger partial charge is 0.243 e. The van der Waals surface area contributed by atoms with Crippen molar-refractivity contribution in [1.82, 2.24) is 25.5 Å². The molecule has 24 heavy (non-hydrogen) atoms. The van der Waals surface area contributed by atoms with Crippen LogP contribution in [-0.4, -0.2) is 32.2 Å². The maximum absolute atomic E-state index is 12.3. The second-order valence-electron chi connectivity index (χ2n) is 6.59. The van der Waals surface area contributed by atoms with Crippen LogP contribution in [0.25, 0.3) is 11.4 Å². The summed E-state index contributed by atoms with van der Waals surface area (Å²) in [6, 6.07) is 7.92. The van der Waals surface area contributed by atoms with Crippen molar-refractivity contribution in [3.05, 3.63) is 28.7 Å². The molecule has 0 bridgehead atoms. The minimum Gasteiger partial charge on any atom is -0.351 e. The summed E-state index contributed by atoms with van der Waals surface area (Å²) in [5, 5.41) is 15.4. The Hall–Kier alpha value is -1.76. The van der Waals surface area contributed by atoms with Gasteiger partial charge in [-0.15, -0.1) is 10.2 Å². The molecular weight excluding hydrogens is 370 g/mol. The number of aromatic nitrogens is 4. The van der Waals surface area contributed by atoms with Crippen LogP contribution < -0.4 is 5.32 Å². The summed E-state index contributed by atoms with van der Waals surface area (Å²) in [4.78, 5) is 13.6. The number of benzene rings is 1. The third-order valence-electron chi connectivity index (χ3n) is 4.89. The van der Waals surface area contributed by atoms with Gasteiger partial charge >= 0.3 is 0 Å². The molecule has 7 heteroatoms. The molecule has 1 saturated carbocycles. The van der Waals surface area contributed by atoms with Crippen molar-refractivity contribution < 1.29 is 4.79 Å². The maximum Gasteiger partial charge on any atom is 0.243 e. The number of rotatable bonds is 4. The van der Waals surface area contributed by atoms with E-state index >= 15 is 0 Å². The van der Waals surface area contributed by atoms with Crippen LogP contribution in [0.15, 0.2) is 28.7 Å². The number of carbonyl (C=O) groups excluding carboxylic acids is 1. The molecule has 1 aliphatic carbocycles. The lowest BCUT2D eigenvalue weighted by molar-refractivity contribution is -0.123. The van der Waals surface area contributed by atoms with E-state index in [1.807, 2.05) is 24.3 Å². The molecule has 3 rings (SSSR count). The van der Waals surface area contributed by atoms with Crippen LogP contribution in [0.5, 0.6) is 0 Å². The Labute approximate surface area is 150 Å². The average Bonchev–Trinajstić information content (AvgIpc) is 3.01. The summed E-state index contributed by atoms with van der Waals surface area (Å²) in [6.07, 6.45) is 3.46. The van der Waals surface area contributed by atoms with Crippen LogP contribution in [0.1, 0.15) is 33.1 Å². The molecule has 1 aliphatic rings. The van der Waals surface area contributed by atoms with Crippen LogP contribution in [0.3, 0.4) is 0 Å². The van der Waals surface area contributed by atoms with Crippen molar-refractivity contribution in [3.63, 3.8) is 0 Å². The Morgan fingerprint density at radius 3 is 2.79 bits per heavy atom. The number of carbonyl (C=O) groups is 1. The Kier molecular flexibility index (Phi) is 5.28. The van der Waals surface area contributed by atoms with E-state index in [-0.39, 0.29) is 18.5 Å². The number of nitrogens with one attached hydrogen (secondary N) is 1. The molecule has 0 saturated heterocycles. The molecule has 1 N–H and O–H groups in total. The molecule has 2 aromatic rings. The monoisotopic (exact) mass is 391 g/mol. The molecule has 1 fully saturated rings. The first-order valence-electron chi connectivity index (χ1n) is 8.36. The predicted molar refractivity (Wildman–Crippen MR) is 95.1 cm³/mol. The van der Waals surface area contributed by atoms with Gasteiger partial charge in [-0.3, -0.25) is 4.79 Å². The van der Waals surface area contributed by atoms with E-state index in [0.29, 0.717) is 17.7 Å². The van der Waals surface area contributed by atoms with E-state index in [1.54, 1.807) is 0 Å². The fraction of sp³-hybridized carbons (Fsp3) is 0.529. The van der Waals surface area contributed by atoms with Gasteiger partial charge in [-0.25, -0.2) is 0 Å². The Balaban J connectivity index is 1.60. The molecule has 1 aromatic carbocycles. The normalized spacial score (nSPS) is 23.9. The van der Waals surface area contributed by atoms with Gasteiger partial charge in [0.25, 0.3) is 0 Å². The fourth-order valence-corrected chi connectivity index (χ4v) is 3.46. The molecule has 0 unspecified atom stereocenters. The first-order valence-corrected chi connectivity index (χ1v) is 9.15. The Morgan fingerprint density at radius 1 is 1.29 bits per heavy atom. The van der Waals surface area contributed by atoms with Crippen LogP contribution in [0.2, 0.25) is 0 Å². The zero-order chi connectivity index (χ0) is 17.1. The summed E-state index contributed by atoms with van der Waals surface area (Å²) >= 11 is 3.40. The highest BCUT2D eigenvalue weighted by molar-refractivity contribution is 9.10. The van der Waals surface area contributed by atoms with Gasteiger partial charge in [0.2, 0.25) is 11.7 Å². The molecule has 1 amide bonds. The van der Waals surface area contributed by atoms with Gasteiger partial charge in [-0.2, -0.15) is 4.80 Å². The predicted octanol–water partition coefficient (Wildman–Crippen LogP) is 3.04. The van der Waals surface area contributed by atoms with Gasteiger partial charge < -0.3 is 5.32 Å². The van der Waals surface area contributed by atoms with Crippen molar-refractivity contribution in [3.8, 4) is 11.4 Å². The minimum atomic E-state index is -0.0549. The van der Waals surface area contributed by atoms with Crippen LogP contribution in [-0.2, 0) is 11.3 Å². The second-order valence-corrected chi connectivity index (χ2v) is 7.51. The largest absolute Gasteiger partial charge is 0.351 e. The summed E-state index contributed by atoms with van der Waals surface area (Å²) < 4.78 is 0.994. The fourth-order valence-electron chi connectivity index (χ4n) is 3.19. The summed E-state index contributed by atoms with van der Waals surface area (Å²) in [5.41, 5.74) is 0.875. The number of amides is 1. The van der Waals surface area contributed by atoms with Crippen LogP contribution in [0, 0.1) is 11.8 Å². The highest BCUT2D eigenvalue weighted by Crippen LogP contribution is 2.29. The van der Waals surface area contributed by atoms with Crippen LogP contribution >= 0.6 is 15.9 Å². The van der Waals surface area contributed by atoms with Crippen molar-refractivity contribution in [2.75, 3.05) is 0 Å². The molecular formula is C17H22BrN5O. The van der Waals surface area contributed by atoms with E-state index in [1.165, 1.54) is 17.6 Å². The molecule has 1 aromatic heterocycles. The van der Waals surface area contributed by atoms with Gasteiger partial charge in [0.05, 0.1) is 0 Å². The summed E-state index contributed by atoms with van der Waals surface area (Å²) in [7, 11) is 0. The first-order chi connectivity index (χ1) is 11.5. The van der Waals surface area contributed by atoms with Gasteiger partial charge in [0.1, 0.15) is 6.54 Å². The third kappa shape index (κ3) is 4.01. The van der Waals surface area contributed by atoms with Crippen molar-refractivity contribution in [2.24, 2.45) is 11.8 Å². The number of tetrazole rings is 1. The quantitative estimate of drug-likeness (QED) is 0.868. The van der Waals surface area contributed by atoms with E-state index < -0.39 is 0 Å². The zero-order valence-electron chi connectivity index (χ0n) is 13.9. The Morgan fingerprint density at radius 2 is 2.04 bits per heavy atom. The van der Waals surface area contributed by atoms with E-state index in [0.717, 1.165) is 16.5 Å². The molecule has 0 spiro atoms. The van der Waals surface area contributed by atoms with E-state index in [2.05, 4.69) is 50.5 Å². The van der Waals surface area contributed by atoms with E-state index in [4.69, 9.17) is 0 Å². The van der Waals surface area contributed by atoms with Crippen molar-refractivity contribution in [1.29, 1.82) is 0 Å². The molecule has 6 nitrogen and oxygen atoms in total. The Bertz CT molecular complexity index is 699. The van der Waals surface area contributed by atoms with Gasteiger partial charge in [0.15, 0.2) is 0 Å². The molecule has 1 heterocycles. The number of halogens is 1. The molecule has 128 valence electrons. The molecule has 0 aliphatic heterocycles. The van der Waals surface area contributed by atoms with Gasteiger partial charge in [0, 0.05) is 16.1 Å². The lowest BCUT2D eigenvalue weighted by atomic mass is 9.78. The zero-order valence-corrected chi connectivity index (χ0v) is 15.5. The SMILES string of the molecule is C[C@@H]1[C@H](C)CCC[C@H]1NC(=O)Cn1nnc(-c2ccc(Br)cc2)n1. The molecule has 0 radical (unpaired) electrons. The number of hydrogen-bond donors (Lipinski definition) is 1. The van der Waals surface area contributed by atoms with Gasteiger partial charge in [-0.1, -0.05) is 42.6 Å². The standard InChI is InChI=1S/C17H22BrN5O/c1-11-4-3-5-15(12(11)2)19-16(24)10-23-21-17(20-22-23)13-6-8-14(18)9-7-13/h6-9,11-12,15H,3-5,10H2,1-2H3,(H,19,24)/t11-,12-,15-/m1/s1. The summed E-state index contributed by atoms with van der Waals surface area (Å²) in [5.74, 6) is 1.62. The van der Waals surface area contributed by atoms with Crippen molar-refractivity contribution >= 4 is 21.8 Å². The maximum atomic E-state index is 12.3. The second kappa shape index (κ2) is 7.42.